The molecule has 1 aromatic carbocycles. The van der Waals surface area contributed by atoms with Gasteiger partial charge in [-0.1, -0.05) is 29.8 Å². The number of hydrogen-bond acceptors (Lipinski definition) is 4. The van der Waals surface area contributed by atoms with Crippen LogP contribution in [-0.4, -0.2) is 24.0 Å². The SMILES string of the molecule is Cc1cccc(C)c1OC(=O)C1CCN(c2ncc(C(F)(F)F)cc2Cl)CC1. The van der Waals surface area contributed by atoms with Crippen LogP contribution in [0.25, 0.3) is 0 Å². The molecule has 1 saturated heterocycles. The molecule has 1 fully saturated rings. The van der Waals surface area contributed by atoms with Crippen molar-refractivity contribution in [3.05, 3.63) is 52.2 Å². The van der Waals surface area contributed by atoms with Gasteiger partial charge in [-0.05, 0) is 43.9 Å². The Morgan fingerprint density at radius 2 is 1.82 bits per heavy atom. The first-order valence-corrected chi connectivity index (χ1v) is 9.30. The van der Waals surface area contributed by atoms with Crippen LogP contribution in [0.1, 0.15) is 29.5 Å². The lowest BCUT2D eigenvalue weighted by atomic mass is 9.97. The summed E-state index contributed by atoms with van der Waals surface area (Å²) in [5.41, 5.74) is 0.909. The van der Waals surface area contributed by atoms with Crippen LogP contribution < -0.4 is 9.64 Å². The van der Waals surface area contributed by atoms with Crippen molar-refractivity contribution in [3.63, 3.8) is 0 Å². The van der Waals surface area contributed by atoms with Gasteiger partial charge in [-0.2, -0.15) is 13.2 Å². The molecule has 150 valence electrons. The summed E-state index contributed by atoms with van der Waals surface area (Å²) in [5.74, 6) is 0.325. The zero-order chi connectivity index (χ0) is 20.5. The maximum absolute atomic E-state index is 12.8. The van der Waals surface area contributed by atoms with Gasteiger partial charge >= 0.3 is 12.1 Å². The maximum Gasteiger partial charge on any atom is 0.417 e. The lowest BCUT2D eigenvalue weighted by molar-refractivity contribution is -0.140. The molecule has 0 aliphatic carbocycles. The molecule has 0 atom stereocenters. The van der Waals surface area contributed by atoms with E-state index in [1.165, 1.54) is 0 Å². The van der Waals surface area contributed by atoms with E-state index in [0.717, 1.165) is 23.4 Å². The molecule has 0 amide bonds. The Kier molecular flexibility index (Phi) is 5.84. The molecule has 0 spiro atoms. The molecule has 2 heterocycles. The molecule has 8 heteroatoms. The highest BCUT2D eigenvalue weighted by molar-refractivity contribution is 6.33. The van der Waals surface area contributed by atoms with Crippen molar-refractivity contribution < 1.29 is 22.7 Å². The Labute approximate surface area is 166 Å². The second-order valence-electron chi connectivity index (χ2n) is 6.93. The van der Waals surface area contributed by atoms with Crippen molar-refractivity contribution in [2.24, 2.45) is 5.92 Å². The molecule has 1 aliphatic heterocycles. The molecule has 1 aromatic heterocycles. The first-order valence-electron chi connectivity index (χ1n) is 8.92. The third-order valence-electron chi connectivity index (χ3n) is 4.89. The average Bonchev–Trinajstić information content (AvgIpc) is 2.64. The Morgan fingerprint density at radius 3 is 2.36 bits per heavy atom. The Balaban J connectivity index is 1.64. The van der Waals surface area contributed by atoms with Crippen LogP contribution in [0.2, 0.25) is 5.02 Å². The molecule has 1 aliphatic rings. The Morgan fingerprint density at radius 1 is 1.21 bits per heavy atom. The maximum atomic E-state index is 12.8. The predicted octanol–water partition coefficient (Wildman–Crippen LogP) is 5.19. The van der Waals surface area contributed by atoms with Gasteiger partial charge in [0.25, 0.3) is 0 Å². The summed E-state index contributed by atoms with van der Waals surface area (Å²) < 4.78 is 43.9. The van der Waals surface area contributed by atoms with Crippen molar-refractivity contribution in [1.29, 1.82) is 0 Å². The minimum absolute atomic E-state index is 0.0496. The Bertz CT molecular complexity index is 858. The number of piperidine rings is 1. The van der Waals surface area contributed by atoms with E-state index >= 15 is 0 Å². The van der Waals surface area contributed by atoms with Crippen LogP contribution in [0.15, 0.2) is 30.5 Å². The number of carbonyl (C=O) groups excluding carboxylic acids is 1. The third-order valence-corrected chi connectivity index (χ3v) is 5.17. The summed E-state index contributed by atoms with van der Waals surface area (Å²) >= 11 is 6.01. The highest BCUT2D eigenvalue weighted by Crippen LogP contribution is 2.35. The van der Waals surface area contributed by atoms with E-state index in [0.29, 0.717) is 37.5 Å². The van der Waals surface area contributed by atoms with Crippen molar-refractivity contribution in [1.82, 2.24) is 4.98 Å². The van der Waals surface area contributed by atoms with Crippen molar-refractivity contribution >= 4 is 23.4 Å². The number of nitrogens with zero attached hydrogens (tertiary/aromatic N) is 2. The lowest BCUT2D eigenvalue weighted by Crippen LogP contribution is -2.38. The highest BCUT2D eigenvalue weighted by atomic mass is 35.5. The van der Waals surface area contributed by atoms with Crippen molar-refractivity contribution in [3.8, 4) is 5.75 Å². The minimum Gasteiger partial charge on any atom is -0.426 e. The van der Waals surface area contributed by atoms with Gasteiger partial charge in [0.15, 0.2) is 0 Å². The fourth-order valence-electron chi connectivity index (χ4n) is 3.29. The molecule has 0 unspecified atom stereocenters. The number of pyridine rings is 1. The summed E-state index contributed by atoms with van der Waals surface area (Å²) in [6.45, 7) is 4.70. The third kappa shape index (κ3) is 4.41. The number of para-hydroxylation sites is 1. The molecule has 0 N–H and O–H groups in total. The second kappa shape index (κ2) is 7.99. The van der Waals surface area contributed by atoms with Crippen LogP contribution in [-0.2, 0) is 11.0 Å². The molecule has 2 aromatic rings. The monoisotopic (exact) mass is 412 g/mol. The first-order chi connectivity index (χ1) is 13.2. The number of hydrogen-bond donors (Lipinski definition) is 0. The van der Waals surface area contributed by atoms with Crippen LogP contribution in [0, 0.1) is 19.8 Å². The molecule has 28 heavy (non-hydrogen) atoms. The highest BCUT2D eigenvalue weighted by Gasteiger charge is 2.33. The number of rotatable bonds is 3. The molecule has 0 saturated carbocycles. The number of esters is 1. The second-order valence-corrected chi connectivity index (χ2v) is 7.34. The summed E-state index contributed by atoms with van der Waals surface area (Å²) in [6, 6.07) is 6.56. The van der Waals surface area contributed by atoms with E-state index in [1.54, 1.807) is 4.90 Å². The molecule has 0 radical (unpaired) electrons. The van der Waals surface area contributed by atoms with Gasteiger partial charge in [0.1, 0.15) is 11.6 Å². The van der Waals surface area contributed by atoms with E-state index in [4.69, 9.17) is 16.3 Å². The van der Waals surface area contributed by atoms with Gasteiger partial charge in [0, 0.05) is 19.3 Å². The molecule has 0 bridgehead atoms. The summed E-state index contributed by atoms with van der Waals surface area (Å²) in [5, 5.41) is -0.0496. The summed E-state index contributed by atoms with van der Waals surface area (Å²) in [6.07, 6.45) is -2.67. The summed E-state index contributed by atoms with van der Waals surface area (Å²) in [4.78, 5) is 18.2. The molecular formula is C20H20ClF3N2O2. The van der Waals surface area contributed by atoms with E-state index in [9.17, 15) is 18.0 Å². The van der Waals surface area contributed by atoms with Gasteiger partial charge in [0.2, 0.25) is 0 Å². The van der Waals surface area contributed by atoms with Crippen LogP contribution in [0.5, 0.6) is 5.75 Å². The number of halogens is 4. The largest absolute Gasteiger partial charge is 0.426 e. The van der Waals surface area contributed by atoms with Crippen molar-refractivity contribution in [2.75, 3.05) is 18.0 Å². The fraction of sp³-hybridized carbons (Fsp3) is 0.400. The zero-order valence-corrected chi connectivity index (χ0v) is 16.3. The average molecular weight is 413 g/mol. The van der Waals surface area contributed by atoms with Crippen LogP contribution in [0.3, 0.4) is 0 Å². The van der Waals surface area contributed by atoms with Gasteiger partial charge in [-0.15, -0.1) is 0 Å². The number of benzene rings is 1. The summed E-state index contributed by atoms with van der Waals surface area (Å²) in [7, 11) is 0. The van der Waals surface area contributed by atoms with Crippen LogP contribution in [0.4, 0.5) is 19.0 Å². The molecular weight excluding hydrogens is 393 g/mol. The minimum atomic E-state index is -4.49. The number of anilines is 1. The first kappa shape index (κ1) is 20.5. The topological polar surface area (TPSA) is 42.4 Å². The molecule has 3 rings (SSSR count). The smallest absolute Gasteiger partial charge is 0.417 e. The number of aromatic nitrogens is 1. The van der Waals surface area contributed by atoms with E-state index in [-0.39, 0.29) is 16.9 Å². The Hall–Kier alpha value is -2.28. The molecule has 4 nitrogen and oxygen atoms in total. The number of carbonyl (C=O) groups is 1. The predicted molar refractivity (Wildman–Crippen MR) is 101 cm³/mol. The van der Waals surface area contributed by atoms with Crippen LogP contribution >= 0.6 is 11.6 Å². The van der Waals surface area contributed by atoms with Gasteiger partial charge < -0.3 is 9.64 Å². The number of aryl methyl sites for hydroxylation is 2. The zero-order valence-electron chi connectivity index (χ0n) is 15.5. The van der Waals surface area contributed by atoms with E-state index in [2.05, 4.69) is 4.98 Å². The normalized spacial score (nSPS) is 15.6. The number of ether oxygens (including phenoxy) is 1. The van der Waals surface area contributed by atoms with Crippen molar-refractivity contribution in [2.45, 2.75) is 32.9 Å². The van der Waals surface area contributed by atoms with E-state index in [1.807, 2.05) is 32.0 Å². The number of alkyl halides is 3. The lowest BCUT2D eigenvalue weighted by Gasteiger charge is -2.32. The van der Waals surface area contributed by atoms with Gasteiger partial charge in [0.05, 0.1) is 16.5 Å². The van der Waals surface area contributed by atoms with Gasteiger partial charge in [-0.3, -0.25) is 4.79 Å². The van der Waals surface area contributed by atoms with E-state index < -0.39 is 11.7 Å². The standard InChI is InChI=1S/C20H20ClF3N2O2/c1-12-4-3-5-13(2)17(12)28-19(27)14-6-8-26(9-7-14)18-16(21)10-15(11-25-18)20(22,23)24/h3-5,10-11,14H,6-9H2,1-2H3. The quantitative estimate of drug-likeness (QED) is 0.513. The fourth-order valence-corrected chi connectivity index (χ4v) is 3.58. The van der Waals surface area contributed by atoms with Gasteiger partial charge in [-0.25, -0.2) is 4.98 Å².